The smallest absolute Gasteiger partial charge is 0.316 e. The van der Waals surface area contributed by atoms with Crippen LogP contribution < -0.4 is 18.9 Å². The Balaban J connectivity index is 1.96. The van der Waals surface area contributed by atoms with Gasteiger partial charge in [0.15, 0.2) is 5.82 Å². The molecule has 2 heterocycles. The van der Waals surface area contributed by atoms with Crippen molar-refractivity contribution in [3.8, 4) is 23.0 Å². The van der Waals surface area contributed by atoms with Gasteiger partial charge in [0.1, 0.15) is 20.8 Å². The highest BCUT2D eigenvalue weighted by Gasteiger charge is 2.19. The van der Waals surface area contributed by atoms with Crippen LogP contribution in [-0.2, 0) is 10.2 Å². The number of nitrogens with one attached hydrogen (secondary N) is 2. The van der Waals surface area contributed by atoms with Crippen molar-refractivity contribution in [3.63, 3.8) is 0 Å². The van der Waals surface area contributed by atoms with E-state index < -0.39 is 35.7 Å². The maximum Gasteiger partial charge on any atom is 0.316 e. The lowest BCUT2D eigenvalue weighted by atomic mass is 10.1. The fourth-order valence-corrected chi connectivity index (χ4v) is 3.66. The van der Waals surface area contributed by atoms with Crippen LogP contribution in [0.3, 0.4) is 0 Å². The zero-order chi connectivity index (χ0) is 27.4. The minimum atomic E-state index is -4.06. The predicted octanol–water partition coefficient (Wildman–Crippen LogP) is 3.57. The molecule has 0 atom stereocenters. The quantitative estimate of drug-likeness (QED) is 0.346. The molecule has 10 nitrogen and oxygen atoms in total. The van der Waals surface area contributed by atoms with E-state index in [1.807, 2.05) is 0 Å². The molecule has 0 unspecified atom stereocenters. The first-order valence-corrected chi connectivity index (χ1v) is 12.1. The minimum absolute atomic E-state index is 0.0168. The molecule has 2 aromatic heterocycles. The summed E-state index contributed by atoms with van der Waals surface area (Å²) in [6.07, 6.45) is -0.775. The molecule has 2 N–H and O–H groups in total. The third kappa shape index (κ3) is 7.08. The summed E-state index contributed by atoms with van der Waals surface area (Å²) in [6.45, 7) is -1.41. The zero-order valence-electron chi connectivity index (χ0n) is 21.5. The van der Waals surface area contributed by atoms with Crippen LogP contribution in [0.15, 0.2) is 51.9 Å². The molecule has 13 heteroatoms. The number of anilines is 1. The van der Waals surface area contributed by atoms with Gasteiger partial charge in [0, 0.05) is 23.4 Å². The van der Waals surface area contributed by atoms with Crippen LogP contribution in [0.4, 0.5) is 5.82 Å². The predicted molar refractivity (Wildman–Crippen MR) is 127 cm³/mol. The highest BCUT2D eigenvalue weighted by Crippen LogP contribution is 2.34. The van der Waals surface area contributed by atoms with Gasteiger partial charge in [0.2, 0.25) is 5.88 Å². The van der Waals surface area contributed by atoms with Crippen LogP contribution in [-0.4, -0.2) is 48.1 Å². The van der Waals surface area contributed by atoms with Crippen LogP contribution in [0.5, 0.6) is 11.9 Å². The van der Waals surface area contributed by atoms with Crippen LogP contribution >= 0.6 is 31.9 Å². The third-order valence-corrected chi connectivity index (χ3v) is 5.53. The van der Waals surface area contributed by atoms with Crippen molar-refractivity contribution in [2.24, 2.45) is 0 Å². The molecule has 3 aromatic rings. The Morgan fingerprint density at radius 3 is 2.47 bits per heavy atom. The van der Waals surface area contributed by atoms with Gasteiger partial charge >= 0.3 is 6.01 Å². The van der Waals surface area contributed by atoms with E-state index in [9.17, 15) is 8.42 Å². The van der Waals surface area contributed by atoms with E-state index in [1.54, 1.807) is 31.2 Å². The summed E-state index contributed by atoms with van der Waals surface area (Å²) < 4.78 is 80.6. The second-order valence-corrected chi connectivity index (χ2v) is 9.15. The average molecular weight is 593 g/mol. The van der Waals surface area contributed by atoms with E-state index in [2.05, 4.69) is 61.2 Å². The van der Waals surface area contributed by atoms with E-state index in [0.29, 0.717) is 12.0 Å². The Morgan fingerprint density at radius 1 is 1.06 bits per heavy atom. The Hall–Kier alpha value is -2.35. The van der Waals surface area contributed by atoms with E-state index >= 15 is 0 Å². The summed E-state index contributed by atoms with van der Waals surface area (Å²) in [5.74, 6) is -0.543. The molecular weight excluding hydrogens is 568 g/mol. The number of aromatic nitrogens is 4. The average Bonchev–Trinajstić information content (AvgIpc) is 2.80. The van der Waals surface area contributed by atoms with Crippen LogP contribution in [0.25, 0.3) is 11.1 Å². The first kappa shape index (κ1) is 18.1. The highest BCUT2D eigenvalue weighted by atomic mass is 79.9. The van der Waals surface area contributed by atoms with E-state index in [4.69, 9.17) is 16.3 Å². The van der Waals surface area contributed by atoms with Gasteiger partial charge in [-0.25, -0.2) is 19.9 Å². The summed E-state index contributed by atoms with van der Waals surface area (Å²) in [4.78, 5) is 15.2. The fourth-order valence-electron chi connectivity index (χ4n) is 2.27. The molecule has 3 rings (SSSR count). The van der Waals surface area contributed by atoms with Crippen molar-refractivity contribution in [1.82, 2.24) is 24.7 Å². The van der Waals surface area contributed by atoms with Gasteiger partial charge < -0.3 is 9.47 Å². The number of hydrogen-bond donors (Lipinski definition) is 2. The van der Waals surface area contributed by atoms with Crippen molar-refractivity contribution in [3.05, 3.63) is 51.9 Å². The Kier molecular flexibility index (Phi) is 6.51. The molecule has 32 heavy (non-hydrogen) atoms. The van der Waals surface area contributed by atoms with Gasteiger partial charge in [-0.05, 0) is 40.0 Å². The van der Waals surface area contributed by atoms with Crippen LogP contribution in [0.1, 0.15) is 20.2 Å². The SMILES string of the molecule is [2H]c1nc(NS(=O)(=O)NCCC)c(-c2ccc(Br)cc2)c(OCC([2H])([2H])Oc2nc([2H])c(Br)c([2H])n2)n1. The lowest BCUT2D eigenvalue weighted by Gasteiger charge is -2.15. The zero-order valence-corrected chi connectivity index (χ0v) is 20.5. The molecule has 0 amide bonds. The maximum absolute atomic E-state index is 12.5. The van der Waals surface area contributed by atoms with Crippen molar-refractivity contribution in [1.29, 1.82) is 0 Å². The molecule has 0 saturated carbocycles. The van der Waals surface area contributed by atoms with Gasteiger partial charge in [-0.1, -0.05) is 35.0 Å². The summed E-state index contributed by atoms with van der Waals surface area (Å²) in [7, 11) is -4.06. The first-order valence-electron chi connectivity index (χ1n) is 11.5. The molecule has 170 valence electrons. The summed E-state index contributed by atoms with van der Waals surface area (Å²) in [5, 5.41) is 0. The van der Waals surface area contributed by atoms with Crippen LogP contribution in [0.2, 0.25) is 0 Å². The molecule has 0 radical (unpaired) electrons. The minimum Gasteiger partial charge on any atom is -0.473 e. The second-order valence-electron chi connectivity index (χ2n) is 5.94. The number of benzene rings is 1. The number of ether oxygens (including phenoxy) is 2. The normalized spacial score (nSPS) is 13.9. The fraction of sp³-hybridized carbons (Fsp3) is 0.263. The molecule has 0 aliphatic heterocycles. The van der Waals surface area contributed by atoms with Crippen molar-refractivity contribution in [2.45, 2.75) is 13.3 Å². The molecule has 0 fully saturated rings. The number of nitrogens with zero attached hydrogens (tertiary/aromatic N) is 4. The highest BCUT2D eigenvalue weighted by molar-refractivity contribution is 9.10. The van der Waals surface area contributed by atoms with Crippen molar-refractivity contribution < 1.29 is 24.7 Å². The van der Waals surface area contributed by atoms with Gasteiger partial charge in [0.25, 0.3) is 10.2 Å². The summed E-state index contributed by atoms with van der Waals surface area (Å²) in [5.41, 5.74) is 0.477. The molecule has 0 aliphatic carbocycles. The molecule has 0 saturated heterocycles. The summed E-state index contributed by atoms with van der Waals surface area (Å²) >= 11 is 6.30. The largest absolute Gasteiger partial charge is 0.473 e. The van der Waals surface area contributed by atoms with E-state index in [1.165, 1.54) is 0 Å². The lowest BCUT2D eigenvalue weighted by molar-refractivity contribution is 0.202. The van der Waals surface area contributed by atoms with Gasteiger partial charge in [0.05, 0.1) is 15.5 Å². The van der Waals surface area contributed by atoms with Gasteiger partial charge in [-0.15, -0.1) is 0 Å². The molecule has 1 aromatic carbocycles. The molecule has 0 aliphatic rings. The number of rotatable bonds is 11. The van der Waals surface area contributed by atoms with Crippen LogP contribution in [0, 0.1) is 0 Å². The topological polar surface area (TPSA) is 128 Å². The Labute approximate surface area is 209 Å². The first-order chi connectivity index (χ1) is 17.3. The Morgan fingerprint density at radius 2 is 1.78 bits per heavy atom. The van der Waals surface area contributed by atoms with E-state index in [0.717, 1.165) is 4.47 Å². The molecular formula is C19H20Br2N6O4S. The Bertz CT molecular complexity index is 1360. The van der Waals surface area contributed by atoms with Crippen molar-refractivity contribution >= 4 is 47.9 Å². The standard InChI is InChI=1S/C19H20Br2N6O4S/c1-2-7-26-32(28,29)27-17-16(13-3-5-14(20)6-4-13)18(25-12-24-17)30-8-9-31-19-22-10-15(21)11-23-19/h3-6,10-12,26H,2,7-9H2,1H3,(H,24,25,27)/i9D2,10D,11D,12D. The van der Waals surface area contributed by atoms with E-state index in [-0.39, 0.29) is 40.6 Å². The van der Waals surface area contributed by atoms with Gasteiger partial charge in [-0.2, -0.15) is 13.1 Å². The molecule has 0 bridgehead atoms. The molecule has 0 spiro atoms. The number of halogens is 2. The monoisotopic (exact) mass is 591 g/mol. The lowest BCUT2D eigenvalue weighted by Crippen LogP contribution is -2.31. The number of hydrogen-bond acceptors (Lipinski definition) is 8. The summed E-state index contributed by atoms with van der Waals surface area (Å²) in [6, 6.07) is 6.07. The van der Waals surface area contributed by atoms with Crippen molar-refractivity contribution in [2.75, 3.05) is 24.4 Å². The second kappa shape index (κ2) is 11.5. The maximum atomic E-state index is 12.5. The van der Waals surface area contributed by atoms with Gasteiger partial charge in [-0.3, -0.25) is 4.72 Å². The third-order valence-electron chi connectivity index (χ3n) is 3.60.